The average molecular weight is 1730 g/mol. The van der Waals surface area contributed by atoms with Crippen LogP contribution in [0.4, 0.5) is 61.5 Å². The molecule has 0 amide bonds. The van der Waals surface area contributed by atoms with E-state index in [9.17, 15) is 86.1 Å². The molecule has 6 aliphatic carbocycles. The summed E-state index contributed by atoms with van der Waals surface area (Å²) in [6.45, 7) is 44.7. The van der Waals surface area contributed by atoms with Crippen LogP contribution >= 0.6 is 7.14 Å². The molecule has 658 valence electrons. The van der Waals surface area contributed by atoms with Crippen molar-refractivity contribution in [2.75, 3.05) is 6.16 Å². The molecule has 0 radical (unpaired) electrons. The average Bonchev–Trinajstić information content (AvgIpc) is 1.33. The number of alkyl halides is 14. The molecule has 8 nitrogen and oxygen atoms in total. The molecule has 2 aromatic carbocycles. The zero-order valence-electron chi connectivity index (χ0n) is 72.2. The molecule has 0 spiro atoms. The minimum absolute atomic E-state index is 0.000922. The van der Waals surface area contributed by atoms with Gasteiger partial charge in [0.2, 0.25) is 0 Å². The molecule has 26 heteroatoms. The van der Waals surface area contributed by atoms with Crippen LogP contribution in [0.25, 0.3) is 0 Å². The van der Waals surface area contributed by atoms with Crippen LogP contribution in [0.2, 0.25) is 57.4 Å². The van der Waals surface area contributed by atoms with Crippen molar-refractivity contribution in [1.29, 1.82) is 0 Å². The third-order valence-electron chi connectivity index (χ3n) is 26.4. The number of hydrogen-bond acceptors (Lipinski definition) is 8. The van der Waals surface area contributed by atoms with E-state index in [2.05, 4.69) is 80.5 Å². The first kappa shape index (κ1) is 101. The Balaban J connectivity index is 0.000000273. The molecular formula is C90H135F14O8PSi3. The topological polar surface area (TPSA) is 123 Å². The Kier molecular flexibility index (Phi) is 32.6. The van der Waals surface area contributed by atoms with Crippen molar-refractivity contribution in [3.8, 4) is 0 Å². The number of fused-ring (bicyclic) bond motifs is 2. The van der Waals surface area contributed by atoms with E-state index in [0.717, 1.165) is 92.5 Å². The van der Waals surface area contributed by atoms with Gasteiger partial charge in [-0.15, -0.1) is 0 Å². The summed E-state index contributed by atoms with van der Waals surface area (Å²) in [5.74, 6) is 0.223. The summed E-state index contributed by atoms with van der Waals surface area (Å²) in [6.07, 6.45) is -6.13. The number of hydrogen-bond donors (Lipinski definition) is 3. The lowest BCUT2D eigenvalue weighted by molar-refractivity contribution is -0.347. The number of allylic oxidation sites excluding steroid dienone is 8. The van der Waals surface area contributed by atoms with Gasteiger partial charge in [0.15, 0.2) is 25.0 Å². The smallest absolute Gasteiger partial charge is 0.413 e. The van der Waals surface area contributed by atoms with Crippen molar-refractivity contribution in [2.24, 2.45) is 45.3 Å². The Bertz CT molecular complexity index is 3770. The number of aliphatic hydroxyl groups is 3. The summed E-state index contributed by atoms with van der Waals surface area (Å²) >= 11 is 0. The van der Waals surface area contributed by atoms with Crippen molar-refractivity contribution in [1.82, 2.24) is 0 Å². The minimum atomic E-state index is -5.93. The van der Waals surface area contributed by atoms with Crippen LogP contribution in [0.15, 0.2) is 144 Å². The second-order valence-electron chi connectivity index (χ2n) is 40.0. The summed E-state index contributed by atoms with van der Waals surface area (Å²) in [6, 6.07) is 19.2. The van der Waals surface area contributed by atoms with Gasteiger partial charge in [-0.05, 0) is 268 Å². The number of halogens is 14. The molecule has 2 aromatic rings. The molecule has 6 fully saturated rings. The predicted molar refractivity (Wildman–Crippen MR) is 447 cm³/mol. The van der Waals surface area contributed by atoms with Crippen LogP contribution in [0, 0.1) is 45.3 Å². The van der Waals surface area contributed by atoms with E-state index < -0.39 is 108 Å². The van der Waals surface area contributed by atoms with Gasteiger partial charge < -0.3 is 33.2 Å². The molecule has 3 N–H and O–H groups in total. The Morgan fingerprint density at radius 1 is 0.560 bits per heavy atom. The second-order valence-corrected chi connectivity index (χ2v) is 56.5. The van der Waals surface area contributed by atoms with Crippen molar-refractivity contribution in [2.45, 2.75) is 346 Å². The highest BCUT2D eigenvalue weighted by atomic mass is 31.2. The number of Topliss-reactive ketones (excluding diaryl/α,β-unsaturated/α-hetero) is 1. The van der Waals surface area contributed by atoms with Crippen LogP contribution in [-0.4, -0.2) is 124 Å². The number of rotatable bonds is 27. The maximum atomic E-state index is 14.9. The van der Waals surface area contributed by atoms with E-state index in [4.69, 9.17) is 13.3 Å². The van der Waals surface area contributed by atoms with E-state index in [1.54, 1.807) is 13.8 Å². The summed E-state index contributed by atoms with van der Waals surface area (Å²) in [7, 11) is -10.0. The fourth-order valence-electron chi connectivity index (χ4n) is 19.6. The molecule has 8 rings (SSSR count). The molecule has 0 aromatic heterocycles. The SMILES string of the molecule is C=C1/C(=C\C=C2/CCC[C@@]3(C)C2CCC3C(C)(C/C=C\C(O)(C(F)(F)F)C(F)(F)F)CCCC(C)(C)O)C[C@@H](O)C[C@@H]1F.C=C1/C(=C\CP(=O)(c2ccccc2)c2ccccc2)C[C@@H](O[Si](C)(C)C(C)(C)C)C[C@@H]1F.CC(C)(CCCC(C)(C/C=C\C(O[Si](C)(C)C)(C(F)(F)F)C(F)(F)F)C1CCC2C(=O)CCC[C@@]21C)O[Si](C)(C)C. The lowest BCUT2D eigenvalue weighted by Gasteiger charge is -2.49. The minimum Gasteiger partial charge on any atom is -0.413 e. The van der Waals surface area contributed by atoms with Crippen LogP contribution in [0.5, 0.6) is 0 Å². The number of carbonyl (C=O) groups is 1. The van der Waals surface area contributed by atoms with E-state index >= 15 is 0 Å². The first-order valence-electron chi connectivity index (χ1n) is 41.5. The van der Waals surface area contributed by atoms with Crippen LogP contribution < -0.4 is 10.6 Å². The van der Waals surface area contributed by atoms with Gasteiger partial charge >= 0.3 is 24.7 Å². The van der Waals surface area contributed by atoms with Gasteiger partial charge in [0, 0.05) is 42.0 Å². The third kappa shape index (κ3) is 24.9. The molecule has 6 aliphatic rings. The fourth-order valence-corrected chi connectivity index (χ4v) is 26.5. The first-order chi connectivity index (χ1) is 52.7. The number of ketones is 1. The maximum Gasteiger partial charge on any atom is 0.429 e. The fraction of sp³-hybridized carbons (Fsp3) is 0.700. The van der Waals surface area contributed by atoms with Gasteiger partial charge in [-0.1, -0.05) is 171 Å². The van der Waals surface area contributed by atoms with Gasteiger partial charge in [-0.3, -0.25) is 4.79 Å². The Labute approximate surface area is 686 Å². The van der Waals surface area contributed by atoms with Gasteiger partial charge in [0.1, 0.15) is 25.3 Å². The molecule has 6 saturated carbocycles. The highest BCUT2D eigenvalue weighted by Crippen LogP contribution is 2.65. The van der Waals surface area contributed by atoms with Crippen molar-refractivity contribution in [3.63, 3.8) is 0 Å². The molecule has 0 heterocycles. The van der Waals surface area contributed by atoms with Crippen LogP contribution in [0.3, 0.4) is 0 Å². The quantitative estimate of drug-likeness (QED) is 0.0350. The molecule has 0 saturated heterocycles. The van der Waals surface area contributed by atoms with E-state index in [0.29, 0.717) is 80.7 Å². The number of aliphatic hydroxyl groups excluding tert-OH is 1. The third-order valence-corrected chi connectivity index (χ3v) is 35.9. The highest BCUT2D eigenvalue weighted by Gasteiger charge is 2.72. The zero-order valence-corrected chi connectivity index (χ0v) is 76.1. The van der Waals surface area contributed by atoms with Crippen molar-refractivity contribution < 1.29 is 99.4 Å². The second kappa shape index (κ2) is 37.6. The van der Waals surface area contributed by atoms with Gasteiger partial charge in [0.25, 0.3) is 11.2 Å². The van der Waals surface area contributed by atoms with Crippen LogP contribution in [0.1, 0.15) is 217 Å². The molecule has 0 aliphatic heterocycles. The van der Waals surface area contributed by atoms with Gasteiger partial charge in [-0.2, -0.15) is 52.7 Å². The van der Waals surface area contributed by atoms with E-state index in [1.165, 1.54) is 25.2 Å². The standard InChI is InChI=1S/C33H47F7O3.C30H52F6O3Si2.C27H36FO2PSi/c1-21-23(19-24(41)20-26(21)34)11-10-22-9-6-17-30(5)25(22)12-13-27(30)29(4,15-7-14-28(2,3)42)16-8-18-31(43,32(35,36)37)33(38,39)40;1-25(2,38-40(5,6)7)17-12-18-26(3,24-16-15-22-23(37)14-11-20-27(22,24)4)19-13-21-28(29(31,32)33,30(34,35)36)39-41(8,9)10;1-21-22(19-23(20-26(21)28)30-32(5,6)27(2,3)4)17-18-31(29,24-13-9-7-10-14-24)25-15-11-8-12-16-25/h8,10-11,18,24-27,41-43H,1,6-7,9,12-17,19-20H2,2-5H3;13,21-22,24H,11-12,14-20H2,1-10H3;7-17,23,26H,1,18-20H2,2-6H3/b18-8-,22-10+,23-11-;21-13-;22-17-/t24-,25?,26+,27?,29?,30+;22?,24?,26?,27-;23-,26+/m101/s1. The predicted octanol–water partition coefficient (Wildman–Crippen LogP) is 26.1. The summed E-state index contributed by atoms with van der Waals surface area (Å²) in [4.78, 5) is 12.8. The van der Waals surface area contributed by atoms with E-state index in [-0.39, 0.29) is 82.8 Å². The lowest BCUT2D eigenvalue weighted by Crippen LogP contribution is -2.61. The van der Waals surface area contributed by atoms with Crippen molar-refractivity contribution >= 4 is 48.5 Å². The highest BCUT2D eigenvalue weighted by molar-refractivity contribution is 7.78. The lowest BCUT2D eigenvalue weighted by atomic mass is 9.55. The molecule has 6 unspecified atom stereocenters. The Hall–Kier alpha value is -4.05. The molecular weight excluding hydrogens is 1590 g/mol. The van der Waals surface area contributed by atoms with Crippen molar-refractivity contribution in [3.05, 3.63) is 144 Å². The van der Waals surface area contributed by atoms with Crippen LogP contribution in [-0.2, 0) is 22.6 Å². The van der Waals surface area contributed by atoms with Gasteiger partial charge in [-0.25, -0.2) is 8.78 Å². The first-order valence-corrected chi connectivity index (χ1v) is 53.1. The van der Waals surface area contributed by atoms with Gasteiger partial charge in [0.05, 0.1) is 23.4 Å². The summed E-state index contributed by atoms with van der Waals surface area (Å²) in [5, 5.41) is 31.7. The number of benzene rings is 2. The van der Waals surface area contributed by atoms with E-state index in [1.807, 2.05) is 107 Å². The largest absolute Gasteiger partial charge is 0.429 e. The molecule has 116 heavy (non-hydrogen) atoms. The maximum absolute atomic E-state index is 14.9. The normalized spacial score (nSPS) is 27.7. The molecule has 0 bridgehead atoms. The monoisotopic (exact) mass is 1720 g/mol. The Morgan fingerprint density at radius 3 is 1.47 bits per heavy atom. The number of carbonyl (C=O) groups excluding carboxylic acids is 1. The molecule has 12 atom stereocenters. The Morgan fingerprint density at radius 2 is 1.01 bits per heavy atom. The zero-order chi connectivity index (χ0) is 88.1. The summed E-state index contributed by atoms with van der Waals surface area (Å²) < 4.78 is 227. The summed E-state index contributed by atoms with van der Waals surface area (Å²) in [5.41, 5.74) is -9.01.